The van der Waals surface area contributed by atoms with Gasteiger partial charge in [0, 0.05) is 16.9 Å². The van der Waals surface area contributed by atoms with Crippen LogP contribution < -0.4 is 10.4 Å². The van der Waals surface area contributed by atoms with E-state index in [0.717, 1.165) is 39.3 Å². The second kappa shape index (κ2) is 11.5. The van der Waals surface area contributed by atoms with E-state index in [1.165, 1.54) is 11.1 Å². The molecule has 192 valence electrons. The third-order valence-electron chi connectivity index (χ3n) is 7.11. The normalized spacial score (nSPS) is 10.8. The molecule has 0 fully saturated rings. The lowest BCUT2D eigenvalue weighted by atomic mass is 9.78. The quantitative estimate of drug-likeness (QED) is 0.212. The molecule has 0 heterocycles. The molecule has 0 saturated heterocycles. The van der Waals surface area contributed by atoms with Crippen LogP contribution in [0, 0.1) is 0 Å². The van der Waals surface area contributed by atoms with Gasteiger partial charge in [-0.05, 0) is 63.6 Å². The third kappa shape index (κ3) is 5.32. The second-order valence-electron chi connectivity index (χ2n) is 9.68. The highest BCUT2D eigenvalue weighted by Crippen LogP contribution is 2.40. The van der Waals surface area contributed by atoms with Gasteiger partial charge in [-0.15, -0.1) is 0 Å². The lowest BCUT2D eigenvalue weighted by Gasteiger charge is -2.28. The first-order valence-corrected chi connectivity index (χ1v) is 13.3. The maximum absolute atomic E-state index is 9.92. The maximum Gasteiger partial charge on any atom is 0.488 e. The van der Waals surface area contributed by atoms with E-state index in [2.05, 4.69) is 89.8 Å². The minimum absolute atomic E-state index is 0.449. The number of nitrogens with zero attached hydrogens (tertiary/aromatic N) is 1. The molecule has 6 aromatic carbocycles. The van der Waals surface area contributed by atoms with E-state index >= 15 is 0 Å². The Kier molecular flexibility index (Phi) is 7.27. The lowest BCUT2D eigenvalue weighted by Crippen LogP contribution is -2.30. The van der Waals surface area contributed by atoms with Crippen molar-refractivity contribution < 1.29 is 10.0 Å². The van der Waals surface area contributed by atoms with E-state index < -0.39 is 7.12 Å². The Morgan fingerprint density at radius 2 is 0.825 bits per heavy atom. The van der Waals surface area contributed by atoms with Crippen LogP contribution in [0.15, 0.2) is 158 Å². The molecule has 0 aliphatic carbocycles. The van der Waals surface area contributed by atoms with Crippen LogP contribution in [-0.4, -0.2) is 17.2 Å². The second-order valence-corrected chi connectivity index (χ2v) is 9.68. The van der Waals surface area contributed by atoms with Crippen LogP contribution in [0.5, 0.6) is 0 Å². The molecule has 0 aliphatic heterocycles. The van der Waals surface area contributed by atoms with E-state index in [4.69, 9.17) is 0 Å². The number of rotatable bonds is 7. The molecular weight excluding hydrogens is 489 g/mol. The fourth-order valence-electron chi connectivity index (χ4n) is 5.05. The summed E-state index contributed by atoms with van der Waals surface area (Å²) in [4.78, 5) is 2.21. The summed E-state index contributed by atoms with van der Waals surface area (Å²) in [5.41, 5.74) is 10.0. The molecule has 0 spiro atoms. The van der Waals surface area contributed by atoms with Gasteiger partial charge >= 0.3 is 7.12 Å². The molecule has 0 unspecified atom stereocenters. The fraction of sp³-hybridized carbons (Fsp3) is 0. The molecule has 40 heavy (non-hydrogen) atoms. The van der Waals surface area contributed by atoms with Gasteiger partial charge in [-0.2, -0.15) is 0 Å². The van der Waals surface area contributed by atoms with E-state index in [-0.39, 0.29) is 0 Å². The predicted molar refractivity (Wildman–Crippen MR) is 167 cm³/mol. The van der Waals surface area contributed by atoms with Gasteiger partial charge in [0.15, 0.2) is 0 Å². The van der Waals surface area contributed by atoms with Crippen LogP contribution in [-0.2, 0) is 0 Å². The summed E-state index contributed by atoms with van der Waals surface area (Å²) in [6, 6.07) is 53.5. The average molecular weight is 517 g/mol. The Hall–Kier alpha value is -4.90. The molecule has 6 aromatic rings. The summed E-state index contributed by atoms with van der Waals surface area (Å²) in [5, 5.41) is 19.8. The first kappa shape index (κ1) is 25.4. The number of benzene rings is 6. The van der Waals surface area contributed by atoms with Crippen LogP contribution in [0.3, 0.4) is 0 Å². The molecule has 0 aromatic heterocycles. The first-order chi connectivity index (χ1) is 19.7. The number of para-hydroxylation sites is 1. The van der Waals surface area contributed by atoms with Gasteiger partial charge in [0.05, 0.1) is 5.69 Å². The van der Waals surface area contributed by atoms with Crippen molar-refractivity contribution in [2.75, 3.05) is 4.90 Å². The molecule has 0 atom stereocenters. The van der Waals surface area contributed by atoms with Crippen molar-refractivity contribution in [1.29, 1.82) is 0 Å². The van der Waals surface area contributed by atoms with Crippen molar-refractivity contribution in [2.45, 2.75) is 0 Å². The van der Waals surface area contributed by atoms with Gasteiger partial charge in [-0.25, -0.2) is 0 Å². The number of hydrogen-bond donors (Lipinski definition) is 2. The largest absolute Gasteiger partial charge is 0.488 e. The summed E-state index contributed by atoms with van der Waals surface area (Å²) in [5.74, 6) is 0. The molecule has 0 aliphatic rings. The minimum atomic E-state index is -1.55. The van der Waals surface area contributed by atoms with Crippen molar-refractivity contribution in [3.8, 4) is 33.4 Å². The van der Waals surface area contributed by atoms with Crippen LogP contribution in [0.2, 0.25) is 0 Å². The standard InChI is InChI=1S/C36H28BNO2/c39-37(40)32-22-25-36(35(26-32)31-12-6-2-7-13-31)38(33-14-8-3-9-15-33)34-23-20-30(21-24-34)29-18-16-28(17-19-29)27-10-4-1-5-11-27/h1-26,39-40H. The Labute approximate surface area is 235 Å². The van der Waals surface area contributed by atoms with Crippen molar-refractivity contribution in [2.24, 2.45) is 0 Å². The summed E-state index contributed by atoms with van der Waals surface area (Å²) in [6.07, 6.45) is 0. The van der Waals surface area contributed by atoms with Gasteiger partial charge in [-0.1, -0.05) is 127 Å². The molecular formula is C36H28BNO2. The SMILES string of the molecule is OB(O)c1ccc(N(c2ccccc2)c2ccc(-c3ccc(-c4ccccc4)cc3)cc2)c(-c2ccccc2)c1. The first-order valence-electron chi connectivity index (χ1n) is 13.3. The summed E-state index contributed by atoms with van der Waals surface area (Å²) in [6.45, 7) is 0. The topological polar surface area (TPSA) is 43.7 Å². The highest BCUT2D eigenvalue weighted by Gasteiger charge is 2.20. The van der Waals surface area contributed by atoms with Crippen molar-refractivity contribution in [1.82, 2.24) is 0 Å². The molecule has 0 radical (unpaired) electrons. The zero-order valence-corrected chi connectivity index (χ0v) is 21.9. The van der Waals surface area contributed by atoms with Gasteiger partial charge < -0.3 is 14.9 Å². The fourth-order valence-corrected chi connectivity index (χ4v) is 5.05. The summed E-state index contributed by atoms with van der Waals surface area (Å²) >= 11 is 0. The van der Waals surface area contributed by atoms with Crippen LogP contribution in [0.4, 0.5) is 17.1 Å². The van der Waals surface area contributed by atoms with Crippen molar-refractivity contribution in [3.63, 3.8) is 0 Å². The lowest BCUT2D eigenvalue weighted by molar-refractivity contribution is 0.426. The molecule has 3 nitrogen and oxygen atoms in total. The highest BCUT2D eigenvalue weighted by atomic mass is 16.4. The Morgan fingerprint density at radius 3 is 1.35 bits per heavy atom. The predicted octanol–water partition coefficient (Wildman–Crippen LogP) is 7.84. The van der Waals surface area contributed by atoms with Crippen LogP contribution in [0.1, 0.15) is 0 Å². The van der Waals surface area contributed by atoms with Gasteiger partial charge in [0.25, 0.3) is 0 Å². The summed E-state index contributed by atoms with van der Waals surface area (Å²) in [7, 11) is -1.55. The number of anilines is 3. The average Bonchev–Trinajstić information content (AvgIpc) is 3.03. The molecule has 0 amide bonds. The molecule has 0 saturated carbocycles. The highest BCUT2D eigenvalue weighted by molar-refractivity contribution is 6.58. The van der Waals surface area contributed by atoms with E-state index in [1.807, 2.05) is 66.7 Å². The smallest absolute Gasteiger partial charge is 0.423 e. The molecule has 4 heteroatoms. The van der Waals surface area contributed by atoms with E-state index in [1.54, 1.807) is 6.07 Å². The zero-order valence-electron chi connectivity index (χ0n) is 21.9. The Morgan fingerprint density at radius 1 is 0.400 bits per heavy atom. The number of hydrogen-bond acceptors (Lipinski definition) is 3. The third-order valence-corrected chi connectivity index (χ3v) is 7.11. The van der Waals surface area contributed by atoms with Crippen LogP contribution in [0.25, 0.3) is 33.4 Å². The van der Waals surface area contributed by atoms with Gasteiger partial charge in [0.2, 0.25) is 0 Å². The van der Waals surface area contributed by atoms with Crippen molar-refractivity contribution in [3.05, 3.63) is 158 Å². The Balaban J connectivity index is 1.41. The minimum Gasteiger partial charge on any atom is -0.423 e. The molecule has 6 rings (SSSR count). The maximum atomic E-state index is 9.92. The van der Waals surface area contributed by atoms with E-state index in [9.17, 15) is 10.0 Å². The molecule has 0 bridgehead atoms. The van der Waals surface area contributed by atoms with E-state index in [0.29, 0.717) is 5.46 Å². The van der Waals surface area contributed by atoms with Gasteiger partial charge in [-0.3, -0.25) is 0 Å². The molecule has 2 N–H and O–H groups in total. The van der Waals surface area contributed by atoms with Gasteiger partial charge in [0.1, 0.15) is 0 Å². The van der Waals surface area contributed by atoms with Crippen molar-refractivity contribution >= 4 is 29.6 Å². The Bertz CT molecular complexity index is 1690. The summed E-state index contributed by atoms with van der Waals surface area (Å²) < 4.78 is 0. The zero-order chi connectivity index (χ0) is 27.3. The van der Waals surface area contributed by atoms with Crippen LogP contribution >= 0.6 is 0 Å². The monoisotopic (exact) mass is 517 g/mol.